The van der Waals surface area contributed by atoms with Gasteiger partial charge in [0.1, 0.15) is 5.60 Å². The van der Waals surface area contributed by atoms with Crippen LogP contribution < -0.4 is 0 Å². The van der Waals surface area contributed by atoms with Crippen molar-refractivity contribution < 1.29 is 29.0 Å². The minimum absolute atomic E-state index is 0.0966. The van der Waals surface area contributed by atoms with E-state index in [1.54, 1.807) is 4.90 Å². The van der Waals surface area contributed by atoms with Gasteiger partial charge in [-0.15, -0.1) is 0 Å². The lowest BCUT2D eigenvalue weighted by molar-refractivity contribution is -0.161. The van der Waals surface area contributed by atoms with E-state index < -0.39 is 11.7 Å². The molecule has 0 aromatic heterocycles. The fourth-order valence-electron chi connectivity index (χ4n) is 5.81. The zero-order valence-corrected chi connectivity index (χ0v) is 19.7. The highest BCUT2D eigenvalue weighted by Gasteiger charge is 2.43. The molecule has 2 amide bonds. The monoisotopic (exact) mass is 478 g/mol. The highest BCUT2D eigenvalue weighted by Crippen LogP contribution is 2.44. The Hall–Kier alpha value is -2.94. The smallest absolute Gasteiger partial charge is 0.380 e. The van der Waals surface area contributed by atoms with Gasteiger partial charge in [0.05, 0.1) is 33.0 Å². The van der Waals surface area contributed by atoms with Crippen LogP contribution in [0.4, 0.5) is 4.79 Å². The summed E-state index contributed by atoms with van der Waals surface area (Å²) in [5.74, 6) is -0.246. The molecular weight excluding hydrogens is 448 g/mol. The van der Waals surface area contributed by atoms with E-state index in [0.717, 1.165) is 33.4 Å². The molecule has 184 valence electrons. The molecule has 8 nitrogen and oxygen atoms in total. The number of nitrogens with zero attached hydrogens (tertiary/aromatic N) is 2. The van der Waals surface area contributed by atoms with E-state index in [0.29, 0.717) is 71.7 Å². The maximum absolute atomic E-state index is 12.7. The van der Waals surface area contributed by atoms with Gasteiger partial charge in [-0.25, -0.2) is 4.79 Å². The van der Waals surface area contributed by atoms with Gasteiger partial charge in [-0.2, -0.15) is 5.06 Å². The summed E-state index contributed by atoms with van der Waals surface area (Å²) in [6.45, 7) is 3.67. The second-order valence-electron chi connectivity index (χ2n) is 9.94. The minimum atomic E-state index is -1.21. The largest absolute Gasteiger partial charge is 0.434 e. The number of amides is 2. The first-order chi connectivity index (χ1) is 17.0. The van der Waals surface area contributed by atoms with Crippen molar-refractivity contribution in [2.75, 3.05) is 19.6 Å². The van der Waals surface area contributed by atoms with Crippen molar-refractivity contribution >= 4 is 12.0 Å². The summed E-state index contributed by atoms with van der Waals surface area (Å²) in [5, 5.41) is 13.6. The Morgan fingerprint density at radius 3 is 2.00 bits per heavy atom. The summed E-state index contributed by atoms with van der Waals surface area (Å²) < 4.78 is 11.2. The first-order valence-electron chi connectivity index (χ1n) is 12.4. The summed E-state index contributed by atoms with van der Waals surface area (Å²) in [7, 11) is 0. The second-order valence-corrected chi connectivity index (χ2v) is 9.94. The van der Waals surface area contributed by atoms with Gasteiger partial charge >= 0.3 is 6.09 Å². The zero-order chi connectivity index (χ0) is 24.0. The van der Waals surface area contributed by atoms with Crippen LogP contribution in [0.1, 0.15) is 59.1 Å². The van der Waals surface area contributed by atoms with E-state index in [2.05, 4.69) is 24.3 Å². The Morgan fingerprint density at radius 1 is 0.886 bits per heavy atom. The predicted octanol–water partition coefficient (Wildman–Crippen LogP) is 3.37. The van der Waals surface area contributed by atoms with Crippen LogP contribution in [-0.4, -0.2) is 46.7 Å². The normalized spacial score (nSPS) is 20.3. The van der Waals surface area contributed by atoms with Crippen LogP contribution in [0.2, 0.25) is 0 Å². The fraction of sp³-hybridized carbons (Fsp3) is 0.481. The Kier molecular flexibility index (Phi) is 5.75. The molecule has 2 aromatic rings. The fourth-order valence-corrected chi connectivity index (χ4v) is 5.81. The van der Waals surface area contributed by atoms with Crippen molar-refractivity contribution in [3.8, 4) is 0 Å². The number of fused-ring (bicyclic) bond motifs is 2. The molecule has 8 heteroatoms. The number of aliphatic hydroxyl groups is 1. The minimum Gasteiger partial charge on any atom is -0.380 e. The zero-order valence-electron chi connectivity index (χ0n) is 19.7. The number of hydrogen-bond donors (Lipinski definition) is 1. The number of piperidine rings is 1. The number of ether oxygens (including phenoxy) is 2. The van der Waals surface area contributed by atoms with Gasteiger partial charge in [0.15, 0.2) is 0 Å². The molecule has 4 aliphatic rings. The molecule has 4 aliphatic heterocycles. The molecule has 0 bridgehead atoms. The maximum atomic E-state index is 12.7. The molecule has 0 saturated carbocycles. The lowest BCUT2D eigenvalue weighted by Gasteiger charge is -2.42. The first-order valence-corrected chi connectivity index (χ1v) is 12.4. The van der Waals surface area contributed by atoms with Gasteiger partial charge in [-0.3, -0.25) is 4.79 Å². The number of carbonyl (C=O) groups is 2. The number of likely N-dealkylation sites (tertiary alicyclic amines) is 1. The highest BCUT2D eigenvalue weighted by atomic mass is 16.7. The van der Waals surface area contributed by atoms with E-state index in [-0.39, 0.29) is 11.8 Å². The summed E-state index contributed by atoms with van der Waals surface area (Å²) in [5.41, 5.74) is 5.04. The van der Waals surface area contributed by atoms with Crippen LogP contribution in [-0.2, 0) is 51.1 Å². The van der Waals surface area contributed by atoms with Crippen LogP contribution in [0, 0.1) is 5.92 Å². The third kappa shape index (κ3) is 3.99. The van der Waals surface area contributed by atoms with Gasteiger partial charge in [0.25, 0.3) is 5.91 Å². The van der Waals surface area contributed by atoms with Gasteiger partial charge in [0, 0.05) is 19.5 Å². The molecule has 2 saturated heterocycles. The average Bonchev–Trinajstić information content (AvgIpc) is 3.64. The SMILES string of the molecule is O=C(ON1CCCC1=O)N1CCC(C(O)(c2ccc3c(c2)COC3)c2ccc3c(c2)COC3)CC1. The number of benzene rings is 2. The standard InChI is InChI=1S/C27H30N2O6/c30-25-2-1-9-29(25)35-26(31)28-10-7-22(8-11-28)27(32,23-5-3-18-14-33-16-20(18)12-23)24-6-4-19-15-34-17-21(19)13-24/h3-6,12-13,22,32H,1-2,7-11,14-17H2. The highest BCUT2D eigenvalue weighted by molar-refractivity contribution is 5.79. The third-order valence-electron chi connectivity index (χ3n) is 7.89. The van der Waals surface area contributed by atoms with Crippen LogP contribution in [0.15, 0.2) is 36.4 Å². The summed E-state index contributed by atoms with van der Waals surface area (Å²) in [6.07, 6.45) is 1.85. The van der Waals surface area contributed by atoms with E-state index in [1.165, 1.54) is 5.06 Å². The van der Waals surface area contributed by atoms with Crippen molar-refractivity contribution in [2.24, 2.45) is 5.92 Å². The van der Waals surface area contributed by atoms with Crippen molar-refractivity contribution in [1.82, 2.24) is 9.96 Å². The summed E-state index contributed by atoms with van der Waals surface area (Å²) in [6, 6.07) is 12.3. The average molecular weight is 479 g/mol. The predicted molar refractivity (Wildman–Crippen MR) is 125 cm³/mol. The van der Waals surface area contributed by atoms with E-state index in [9.17, 15) is 14.7 Å². The lowest BCUT2D eigenvalue weighted by atomic mass is 9.71. The molecule has 0 atom stereocenters. The van der Waals surface area contributed by atoms with Crippen LogP contribution >= 0.6 is 0 Å². The van der Waals surface area contributed by atoms with Crippen molar-refractivity contribution in [2.45, 2.75) is 57.7 Å². The molecule has 2 aromatic carbocycles. The molecule has 6 rings (SSSR count). The summed E-state index contributed by atoms with van der Waals surface area (Å²) >= 11 is 0. The van der Waals surface area contributed by atoms with E-state index in [4.69, 9.17) is 14.3 Å². The van der Waals surface area contributed by atoms with Gasteiger partial charge in [0.2, 0.25) is 0 Å². The lowest BCUT2D eigenvalue weighted by Crippen LogP contribution is -2.47. The van der Waals surface area contributed by atoms with Crippen LogP contribution in [0.3, 0.4) is 0 Å². The molecule has 0 radical (unpaired) electrons. The van der Waals surface area contributed by atoms with E-state index >= 15 is 0 Å². The van der Waals surface area contributed by atoms with Crippen LogP contribution in [0.5, 0.6) is 0 Å². The molecule has 4 heterocycles. The molecule has 2 fully saturated rings. The molecule has 0 aliphatic carbocycles. The number of carbonyl (C=O) groups excluding carboxylic acids is 2. The Bertz CT molecular complexity index is 1100. The summed E-state index contributed by atoms with van der Waals surface area (Å²) in [4.78, 5) is 31.5. The van der Waals surface area contributed by atoms with E-state index in [1.807, 2.05) is 12.1 Å². The Labute approximate surface area is 204 Å². The van der Waals surface area contributed by atoms with Crippen molar-refractivity contribution in [3.63, 3.8) is 0 Å². The quantitative estimate of drug-likeness (QED) is 0.725. The number of rotatable bonds is 4. The van der Waals surface area contributed by atoms with Gasteiger partial charge in [-0.05, 0) is 70.7 Å². The first kappa shape index (κ1) is 22.5. The maximum Gasteiger partial charge on any atom is 0.434 e. The molecule has 0 spiro atoms. The molecule has 0 unspecified atom stereocenters. The van der Waals surface area contributed by atoms with Gasteiger partial charge < -0.3 is 24.3 Å². The topological polar surface area (TPSA) is 88.5 Å². The Balaban J connectivity index is 1.26. The number of hydroxylamine groups is 2. The van der Waals surface area contributed by atoms with Crippen molar-refractivity contribution in [1.29, 1.82) is 0 Å². The van der Waals surface area contributed by atoms with Crippen molar-refractivity contribution in [3.05, 3.63) is 69.8 Å². The number of hydrogen-bond acceptors (Lipinski definition) is 6. The molecule has 35 heavy (non-hydrogen) atoms. The third-order valence-corrected chi connectivity index (χ3v) is 7.89. The van der Waals surface area contributed by atoms with Crippen LogP contribution in [0.25, 0.3) is 0 Å². The molecular formula is C27H30N2O6. The molecule has 1 N–H and O–H groups in total. The Morgan fingerprint density at radius 2 is 1.46 bits per heavy atom. The second kappa shape index (κ2) is 8.93. The van der Waals surface area contributed by atoms with Gasteiger partial charge in [-0.1, -0.05) is 24.3 Å².